The van der Waals surface area contributed by atoms with E-state index in [0.717, 1.165) is 0 Å². The zero-order chi connectivity index (χ0) is 10.1. The van der Waals surface area contributed by atoms with Crippen molar-refractivity contribution >= 4 is 0 Å². The second-order valence-corrected chi connectivity index (χ2v) is 3.62. The molecule has 0 aliphatic heterocycles. The molecule has 0 aliphatic rings. The van der Waals surface area contributed by atoms with Gasteiger partial charge in [0.25, 0.3) is 0 Å². The van der Waals surface area contributed by atoms with Crippen molar-refractivity contribution in [2.75, 3.05) is 0 Å². The van der Waals surface area contributed by atoms with E-state index in [4.69, 9.17) is 0 Å². The van der Waals surface area contributed by atoms with E-state index in [0.29, 0.717) is 0 Å². The molecule has 0 aromatic rings. The van der Waals surface area contributed by atoms with E-state index >= 15 is 0 Å². The van der Waals surface area contributed by atoms with Crippen LogP contribution in [-0.4, -0.2) is 0 Å². The average molecular weight is 180 g/mol. The predicted octanol–water partition coefficient (Wildman–Crippen LogP) is 4.87. The Morgan fingerprint density at radius 3 is 2.08 bits per heavy atom. The Balaban J connectivity index is 3.87. The molecule has 0 aliphatic carbocycles. The summed E-state index contributed by atoms with van der Waals surface area (Å²) in [5, 5.41) is 0. The second kappa shape index (κ2) is 8.10. The van der Waals surface area contributed by atoms with Gasteiger partial charge in [-0.3, -0.25) is 0 Å². The Morgan fingerprint density at radius 1 is 1.08 bits per heavy atom. The van der Waals surface area contributed by atoms with Gasteiger partial charge >= 0.3 is 0 Å². The number of hydrogen-bond donors (Lipinski definition) is 0. The minimum Gasteiger partial charge on any atom is -0.0956 e. The van der Waals surface area contributed by atoms with Crippen molar-refractivity contribution in [3.63, 3.8) is 0 Å². The maximum absolute atomic E-state index is 4.15. The van der Waals surface area contributed by atoms with Crippen LogP contribution in [0.15, 0.2) is 23.8 Å². The van der Waals surface area contributed by atoms with Crippen molar-refractivity contribution in [3.8, 4) is 0 Å². The lowest BCUT2D eigenvalue weighted by atomic mass is 9.97. The van der Waals surface area contributed by atoms with Crippen LogP contribution in [0.2, 0.25) is 0 Å². The molecular weight excluding hydrogens is 156 g/mol. The highest BCUT2D eigenvalue weighted by Gasteiger charge is 2.00. The highest BCUT2D eigenvalue weighted by molar-refractivity contribution is 5.27. The van der Waals surface area contributed by atoms with E-state index in [-0.39, 0.29) is 0 Å². The first-order valence-corrected chi connectivity index (χ1v) is 5.59. The third-order valence-electron chi connectivity index (χ3n) is 2.43. The molecule has 0 aromatic carbocycles. The highest BCUT2D eigenvalue weighted by atomic mass is 14.1. The van der Waals surface area contributed by atoms with Crippen LogP contribution in [0, 0.1) is 0 Å². The Kier molecular flexibility index (Phi) is 7.77. The van der Waals surface area contributed by atoms with Crippen LogP contribution in [0.3, 0.4) is 0 Å². The molecule has 0 bridgehead atoms. The fraction of sp³-hybridized carbons (Fsp3) is 0.692. The van der Waals surface area contributed by atoms with E-state index < -0.39 is 0 Å². The minimum absolute atomic E-state index is 1.18. The molecule has 0 radical (unpaired) electrons. The lowest BCUT2D eigenvalue weighted by molar-refractivity contribution is 0.753. The normalized spacial score (nSPS) is 11.8. The summed E-state index contributed by atoms with van der Waals surface area (Å²) in [7, 11) is 0. The van der Waals surface area contributed by atoms with Crippen molar-refractivity contribution in [2.45, 2.75) is 59.3 Å². The maximum Gasteiger partial charge on any atom is -0.0280 e. The molecule has 0 unspecified atom stereocenters. The summed E-state index contributed by atoms with van der Waals surface area (Å²) in [6.07, 6.45) is 9.75. The summed E-state index contributed by atoms with van der Waals surface area (Å²) in [6.45, 7) is 10.7. The zero-order valence-corrected chi connectivity index (χ0v) is 9.53. The van der Waals surface area contributed by atoms with Crippen LogP contribution in [0.25, 0.3) is 0 Å². The standard InChI is InChI=1S/C13H24/c1-5-8-10-12(4)13(7-3)11-9-6-2/h7H,4-6,8-11H2,1-3H3. The van der Waals surface area contributed by atoms with Gasteiger partial charge in [-0.15, -0.1) is 0 Å². The maximum atomic E-state index is 4.15. The molecule has 76 valence electrons. The molecule has 0 saturated carbocycles. The molecular formula is C13H24. The fourth-order valence-electron chi connectivity index (χ4n) is 1.44. The van der Waals surface area contributed by atoms with Gasteiger partial charge < -0.3 is 0 Å². The summed E-state index contributed by atoms with van der Waals surface area (Å²) in [4.78, 5) is 0. The van der Waals surface area contributed by atoms with Crippen LogP contribution in [0.5, 0.6) is 0 Å². The van der Waals surface area contributed by atoms with Gasteiger partial charge in [0.2, 0.25) is 0 Å². The second-order valence-electron chi connectivity index (χ2n) is 3.62. The monoisotopic (exact) mass is 180 g/mol. The lowest BCUT2D eigenvalue weighted by Crippen LogP contribution is -1.89. The zero-order valence-electron chi connectivity index (χ0n) is 9.53. The minimum atomic E-state index is 1.18. The average Bonchev–Trinajstić information content (AvgIpc) is 2.16. The van der Waals surface area contributed by atoms with Crippen molar-refractivity contribution in [1.82, 2.24) is 0 Å². The smallest absolute Gasteiger partial charge is 0.0280 e. The van der Waals surface area contributed by atoms with Gasteiger partial charge in [-0.1, -0.05) is 44.9 Å². The first-order chi connectivity index (χ1) is 6.26. The molecule has 0 spiro atoms. The van der Waals surface area contributed by atoms with Gasteiger partial charge in [-0.2, -0.15) is 0 Å². The number of allylic oxidation sites excluding steroid dienone is 3. The quantitative estimate of drug-likeness (QED) is 0.490. The van der Waals surface area contributed by atoms with Gasteiger partial charge in [0.05, 0.1) is 0 Å². The Labute approximate surface area is 83.7 Å². The van der Waals surface area contributed by atoms with Gasteiger partial charge in [0.1, 0.15) is 0 Å². The third-order valence-corrected chi connectivity index (χ3v) is 2.43. The van der Waals surface area contributed by atoms with Crippen molar-refractivity contribution in [1.29, 1.82) is 0 Å². The van der Waals surface area contributed by atoms with Crippen molar-refractivity contribution in [3.05, 3.63) is 23.8 Å². The molecule has 0 heteroatoms. The third kappa shape index (κ3) is 5.68. The van der Waals surface area contributed by atoms with E-state index in [1.165, 1.54) is 49.7 Å². The van der Waals surface area contributed by atoms with E-state index in [1.54, 1.807) is 0 Å². The van der Waals surface area contributed by atoms with Crippen LogP contribution >= 0.6 is 0 Å². The van der Waals surface area contributed by atoms with Crippen LogP contribution in [0.1, 0.15) is 59.3 Å². The lowest BCUT2D eigenvalue weighted by Gasteiger charge is -2.09. The Hall–Kier alpha value is -0.520. The van der Waals surface area contributed by atoms with Crippen LogP contribution in [0.4, 0.5) is 0 Å². The molecule has 0 N–H and O–H groups in total. The van der Waals surface area contributed by atoms with E-state index in [2.05, 4.69) is 33.4 Å². The fourth-order valence-corrected chi connectivity index (χ4v) is 1.44. The SMILES string of the molecule is C=C(CCCC)C(=CC)CCCC. The largest absolute Gasteiger partial charge is 0.0956 e. The summed E-state index contributed by atoms with van der Waals surface area (Å²) in [5.41, 5.74) is 2.84. The molecule has 0 saturated heterocycles. The van der Waals surface area contributed by atoms with Crippen molar-refractivity contribution < 1.29 is 0 Å². The van der Waals surface area contributed by atoms with Crippen LogP contribution in [-0.2, 0) is 0 Å². The van der Waals surface area contributed by atoms with E-state index in [9.17, 15) is 0 Å². The number of rotatable bonds is 7. The topological polar surface area (TPSA) is 0 Å². The summed E-state index contributed by atoms with van der Waals surface area (Å²) < 4.78 is 0. The van der Waals surface area contributed by atoms with Crippen LogP contribution < -0.4 is 0 Å². The molecule has 0 nitrogen and oxygen atoms in total. The Bertz CT molecular complexity index is 163. The molecule has 0 heterocycles. The molecule has 0 amide bonds. The predicted molar refractivity (Wildman–Crippen MR) is 61.9 cm³/mol. The molecule has 0 rings (SSSR count). The summed E-state index contributed by atoms with van der Waals surface area (Å²) in [6, 6.07) is 0. The Morgan fingerprint density at radius 2 is 1.62 bits per heavy atom. The molecule has 0 atom stereocenters. The van der Waals surface area contributed by atoms with Gasteiger partial charge in [-0.05, 0) is 38.2 Å². The first-order valence-electron chi connectivity index (χ1n) is 5.59. The molecule has 0 fully saturated rings. The van der Waals surface area contributed by atoms with E-state index in [1.807, 2.05) is 0 Å². The van der Waals surface area contributed by atoms with Gasteiger partial charge in [-0.25, -0.2) is 0 Å². The summed E-state index contributed by atoms with van der Waals surface area (Å²) >= 11 is 0. The number of hydrogen-bond acceptors (Lipinski definition) is 0. The first kappa shape index (κ1) is 12.5. The van der Waals surface area contributed by atoms with Gasteiger partial charge in [0, 0.05) is 0 Å². The molecule has 13 heavy (non-hydrogen) atoms. The van der Waals surface area contributed by atoms with Gasteiger partial charge in [0.15, 0.2) is 0 Å². The number of unbranched alkanes of at least 4 members (excludes halogenated alkanes) is 2. The van der Waals surface area contributed by atoms with Crippen molar-refractivity contribution in [2.24, 2.45) is 0 Å². The summed E-state index contributed by atoms with van der Waals surface area (Å²) in [5.74, 6) is 0. The molecule has 0 aromatic heterocycles. The highest BCUT2D eigenvalue weighted by Crippen LogP contribution is 2.20.